The fourth-order valence-electron chi connectivity index (χ4n) is 8.37. The minimum absolute atomic E-state index is 0.0244. The third kappa shape index (κ3) is 5.44. The second-order valence-corrected chi connectivity index (χ2v) is 14.3. The lowest BCUT2D eigenvalue weighted by atomic mass is 9.57. The van der Waals surface area contributed by atoms with Crippen LogP contribution >= 0.6 is 0 Å². The second kappa shape index (κ2) is 9.78. The molecule has 4 aliphatic rings. The second-order valence-electron chi connectivity index (χ2n) is 14.3. The predicted molar refractivity (Wildman–Crippen MR) is 128 cm³/mol. The summed E-state index contributed by atoms with van der Waals surface area (Å²) < 4.78 is 93.1. The van der Waals surface area contributed by atoms with Gasteiger partial charge in [0.1, 0.15) is 12.2 Å². The number of carbonyl (C=O) groups is 3. The van der Waals surface area contributed by atoms with E-state index in [1.54, 1.807) is 6.92 Å². The lowest BCUT2D eigenvalue weighted by molar-refractivity contribution is -0.315. The van der Waals surface area contributed by atoms with Crippen LogP contribution in [0.25, 0.3) is 0 Å². The van der Waals surface area contributed by atoms with Gasteiger partial charge < -0.3 is 14.2 Å². The molecule has 10 atom stereocenters. The molecule has 4 bridgehead atoms. The van der Waals surface area contributed by atoms with E-state index in [-0.39, 0.29) is 29.1 Å². The number of esters is 3. The number of hydrogen-bond donors (Lipinski definition) is 0. The minimum Gasteiger partial charge on any atom is -0.458 e. The number of fused-ring (bicyclic) bond motifs is 4. The van der Waals surface area contributed by atoms with Crippen molar-refractivity contribution in [3.8, 4) is 0 Å². The summed E-state index contributed by atoms with van der Waals surface area (Å²) in [5.74, 6) is -6.93. The number of halogens is 6. The number of hydrogen-bond acceptors (Lipinski definition) is 6. The van der Waals surface area contributed by atoms with Crippen LogP contribution in [-0.2, 0) is 28.6 Å². The van der Waals surface area contributed by atoms with Crippen molar-refractivity contribution >= 4 is 17.9 Å². The molecule has 40 heavy (non-hydrogen) atoms. The quantitative estimate of drug-likeness (QED) is 0.172. The molecule has 0 aromatic carbocycles. The molecule has 10 unspecified atom stereocenters. The Hall–Kier alpha value is -2.01. The van der Waals surface area contributed by atoms with Crippen molar-refractivity contribution in [2.75, 3.05) is 0 Å². The first kappa shape index (κ1) is 30.9. The van der Waals surface area contributed by atoms with E-state index >= 15 is 0 Å². The molecule has 0 radical (unpaired) electrons. The van der Waals surface area contributed by atoms with Gasteiger partial charge in [-0.2, -0.15) is 26.3 Å². The number of ether oxygens (including phenoxy) is 3. The fourth-order valence-corrected chi connectivity index (χ4v) is 8.37. The molecule has 4 fully saturated rings. The molecule has 0 aromatic rings. The van der Waals surface area contributed by atoms with Crippen LogP contribution < -0.4 is 0 Å². The van der Waals surface area contributed by atoms with Crippen LogP contribution in [-0.4, -0.2) is 48.6 Å². The van der Waals surface area contributed by atoms with Crippen molar-refractivity contribution in [3.63, 3.8) is 0 Å². The Kier molecular flexibility index (Phi) is 7.56. The van der Waals surface area contributed by atoms with Gasteiger partial charge in [-0.3, -0.25) is 14.4 Å². The molecule has 1 heterocycles. The number of carbonyl (C=O) groups excluding carboxylic acids is 3. The van der Waals surface area contributed by atoms with E-state index in [0.29, 0.717) is 18.3 Å². The zero-order valence-corrected chi connectivity index (χ0v) is 23.7. The SMILES string of the molecule is CC1CC2C(C(=O)OC(C(F)(F)F)C(F)(F)F)C(=O)OC1C2OC(=O)C1CC2CC1C(C(C)(C)C)C2C(C)(C)C. The van der Waals surface area contributed by atoms with Gasteiger partial charge in [0.15, 0.2) is 5.92 Å². The third-order valence-corrected chi connectivity index (χ3v) is 9.53. The predicted octanol–water partition coefficient (Wildman–Crippen LogP) is 6.11. The Balaban J connectivity index is 1.54. The van der Waals surface area contributed by atoms with Gasteiger partial charge in [0.2, 0.25) is 0 Å². The van der Waals surface area contributed by atoms with Crippen LogP contribution in [0.15, 0.2) is 0 Å². The average molecular weight is 585 g/mol. The minimum atomic E-state index is -5.93. The topological polar surface area (TPSA) is 78.9 Å². The zero-order chi connectivity index (χ0) is 30.3. The van der Waals surface area contributed by atoms with Crippen molar-refractivity contribution < 1.29 is 54.9 Å². The summed E-state index contributed by atoms with van der Waals surface area (Å²) in [6, 6.07) is 0. The van der Waals surface area contributed by atoms with Crippen LogP contribution in [0.1, 0.15) is 67.7 Å². The van der Waals surface area contributed by atoms with Crippen LogP contribution in [0, 0.1) is 58.2 Å². The summed E-state index contributed by atoms with van der Waals surface area (Å²) in [6.45, 7) is 14.7. The maximum atomic E-state index is 13.6. The number of rotatable bonds is 4. The molecule has 3 saturated carbocycles. The highest BCUT2D eigenvalue weighted by atomic mass is 19.4. The van der Waals surface area contributed by atoms with Crippen LogP contribution in [0.2, 0.25) is 0 Å². The van der Waals surface area contributed by atoms with Gasteiger partial charge in [-0.1, -0.05) is 48.5 Å². The summed E-state index contributed by atoms with van der Waals surface area (Å²) in [5.41, 5.74) is -0.0663. The van der Waals surface area contributed by atoms with Gasteiger partial charge >= 0.3 is 30.3 Å². The molecule has 228 valence electrons. The normalized spacial score (nSPS) is 38.0. The maximum absolute atomic E-state index is 13.6. The first-order valence-electron chi connectivity index (χ1n) is 13.8. The highest BCUT2D eigenvalue weighted by Gasteiger charge is 2.65. The van der Waals surface area contributed by atoms with E-state index in [0.717, 1.165) is 6.42 Å². The van der Waals surface area contributed by atoms with E-state index < -0.39 is 72.2 Å². The highest BCUT2D eigenvalue weighted by molar-refractivity contribution is 5.96. The fraction of sp³-hybridized carbons (Fsp3) is 0.893. The summed E-state index contributed by atoms with van der Waals surface area (Å²) in [6.07, 6.45) is -16.9. The van der Waals surface area contributed by atoms with Gasteiger partial charge in [-0.15, -0.1) is 0 Å². The molecular weight excluding hydrogens is 546 g/mol. The monoisotopic (exact) mass is 584 g/mol. The zero-order valence-electron chi connectivity index (χ0n) is 23.7. The first-order chi connectivity index (χ1) is 18.0. The average Bonchev–Trinajstić information content (AvgIpc) is 3.40. The molecule has 6 nitrogen and oxygen atoms in total. The Morgan fingerprint density at radius 2 is 1.38 bits per heavy atom. The van der Waals surface area contributed by atoms with Crippen LogP contribution in [0.5, 0.6) is 0 Å². The van der Waals surface area contributed by atoms with Gasteiger partial charge in [0.05, 0.1) is 5.92 Å². The molecule has 1 saturated heterocycles. The lowest BCUT2D eigenvalue weighted by Crippen LogP contribution is -2.53. The van der Waals surface area contributed by atoms with Gasteiger partial charge in [0.25, 0.3) is 6.10 Å². The lowest BCUT2D eigenvalue weighted by Gasteiger charge is -2.48. The van der Waals surface area contributed by atoms with E-state index in [9.17, 15) is 40.7 Å². The Morgan fingerprint density at radius 1 is 0.825 bits per heavy atom. The highest BCUT2D eigenvalue weighted by Crippen LogP contribution is 2.65. The molecule has 0 spiro atoms. The smallest absolute Gasteiger partial charge is 0.434 e. The van der Waals surface area contributed by atoms with Crippen LogP contribution in [0.3, 0.4) is 0 Å². The largest absolute Gasteiger partial charge is 0.458 e. The van der Waals surface area contributed by atoms with Crippen molar-refractivity contribution in [2.45, 2.75) is 98.4 Å². The third-order valence-electron chi connectivity index (χ3n) is 9.53. The Morgan fingerprint density at radius 3 is 1.88 bits per heavy atom. The van der Waals surface area contributed by atoms with E-state index in [1.165, 1.54) is 0 Å². The molecular formula is C28H38F6O6. The van der Waals surface area contributed by atoms with Gasteiger partial charge in [-0.05, 0) is 59.7 Å². The maximum Gasteiger partial charge on any atom is 0.434 e. The molecule has 0 N–H and O–H groups in total. The summed E-state index contributed by atoms with van der Waals surface area (Å²) in [4.78, 5) is 38.8. The van der Waals surface area contributed by atoms with Crippen molar-refractivity contribution in [1.29, 1.82) is 0 Å². The summed E-state index contributed by atoms with van der Waals surface area (Å²) >= 11 is 0. The van der Waals surface area contributed by atoms with Gasteiger partial charge in [-0.25, -0.2) is 0 Å². The first-order valence-corrected chi connectivity index (χ1v) is 13.8. The Labute approximate surface area is 229 Å². The number of alkyl halides is 6. The molecule has 1 aliphatic heterocycles. The summed E-state index contributed by atoms with van der Waals surface area (Å²) in [7, 11) is 0. The molecule has 12 heteroatoms. The van der Waals surface area contributed by atoms with Crippen molar-refractivity contribution in [3.05, 3.63) is 0 Å². The molecule has 3 aliphatic carbocycles. The van der Waals surface area contributed by atoms with Crippen molar-refractivity contribution in [2.24, 2.45) is 58.2 Å². The van der Waals surface area contributed by atoms with E-state index in [4.69, 9.17) is 9.47 Å². The Bertz CT molecular complexity index is 1010. The van der Waals surface area contributed by atoms with Crippen molar-refractivity contribution in [1.82, 2.24) is 0 Å². The molecule has 0 amide bonds. The standard InChI is InChI=1S/C28H38F6O6/c1-11-8-15-16(23(37)40-24(27(29,30)31)28(32,33)34)22(36)38-19(11)20(15)39-21(35)14-10-12-9-13(14)18(26(5,6)7)17(12)25(2,3)4/h11-20,24H,8-10H2,1-7H3. The molecule has 4 rings (SSSR count). The van der Waals surface area contributed by atoms with Gasteiger partial charge in [0, 0.05) is 5.92 Å². The van der Waals surface area contributed by atoms with E-state index in [2.05, 4.69) is 46.3 Å². The van der Waals surface area contributed by atoms with E-state index in [1.807, 2.05) is 0 Å². The molecule has 0 aromatic heterocycles. The summed E-state index contributed by atoms with van der Waals surface area (Å²) in [5, 5.41) is 0. The van der Waals surface area contributed by atoms with Crippen LogP contribution in [0.4, 0.5) is 26.3 Å².